The molecule has 1 aromatic rings. The van der Waals surface area contributed by atoms with Crippen LogP contribution in [0.5, 0.6) is 0 Å². The molecule has 1 aliphatic rings. The van der Waals surface area contributed by atoms with Gasteiger partial charge in [0.2, 0.25) is 0 Å². The van der Waals surface area contributed by atoms with Crippen molar-refractivity contribution in [2.24, 2.45) is 5.92 Å². The van der Waals surface area contributed by atoms with E-state index in [1.807, 2.05) is 0 Å². The summed E-state index contributed by atoms with van der Waals surface area (Å²) in [4.78, 5) is 4.71. The van der Waals surface area contributed by atoms with Crippen molar-refractivity contribution in [3.63, 3.8) is 0 Å². The van der Waals surface area contributed by atoms with Crippen molar-refractivity contribution in [3.05, 3.63) is 29.3 Å². The Bertz CT molecular complexity index is 413. The standard InChI is InChI=1S/C16H26N2O/c1-12-5-13(2)7-15(6-12)18-9-14(3)8-17(4)10-16(18)11-19/h5-7,14,16,19H,8-11H2,1-4H3. The number of likely N-dealkylation sites (N-methyl/N-ethyl adjacent to an activating group) is 1. The van der Waals surface area contributed by atoms with E-state index in [0.717, 1.165) is 19.6 Å². The summed E-state index contributed by atoms with van der Waals surface area (Å²) in [6, 6.07) is 6.85. The number of anilines is 1. The van der Waals surface area contributed by atoms with Crippen molar-refractivity contribution in [3.8, 4) is 0 Å². The number of rotatable bonds is 2. The zero-order chi connectivity index (χ0) is 14.0. The maximum absolute atomic E-state index is 9.72. The second-order valence-electron chi connectivity index (χ2n) is 6.16. The second kappa shape index (κ2) is 5.93. The van der Waals surface area contributed by atoms with Crippen LogP contribution in [0.3, 0.4) is 0 Å². The summed E-state index contributed by atoms with van der Waals surface area (Å²) in [5.41, 5.74) is 3.83. The van der Waals surface area contributed by atoms with Gasteiger partial charge in [0.25, 0.3) is 0 Å². The number of benzene rings is 1. The third kappa shape index (κ3) is 3.48. The fourth-order valence-corrected chi connectivity index (χ4v) is 3.20. The lowest BCUT2D eigenvalue weighted by atomic mass is 10.1. The van der Waals surface area contributed by atoms with Gasteiger partial charge >= 0.3 is 0 Å². The van der Waals surface area contributed by atoms with Crippen LogP contribution in [-0.4, -0.2) is 49.3 Å². The SMILES string of the molecule is Cc1cc(C)cc(N2CC(C)CN(C)CC2CO)c1. The Kier molecular flexibility index (Phi) is 4.48. The lowest BCUT2D eigenvalue weighted by Crippen LogP contribution is -2.43. The van der Waals surface area contributed by atoms with E-state index in [2.05, 4.69) is 55.8 Å². The van der Waals surface area contributed by atoms with E-state index in [0.29, 0.717) is 5.92 Å². The van der Waals surface area contributed by atoms with Crippen LogP contribution in [0.2, 0.25) is 0 Å². The minimum Gasteiger partial charge on any atom is -0.394 e. The summed E-state index contributed by atoms with van der Waals surface area (Å²) in [6.45, 7) is 9.80. The molecule has 0 aromatic heterocycles. The van der Waals surface area contributed by atoms with Gasteiger partial charge in [-0.2, -0.15) is 0 Å². The number of hydrogen-bond acceptors (Lipinski definition) is 3. The van der Waals surface area contributed by atoms with Gasteiger partial charge in [-0.25, -0.2) is 0 Å². The highest BCUT2D eigenvalue weighted by molar-refractivity contribution is 5.52. The molecule has 2 atom stereocenters. The maximum atomic E-state index is 9.72. The Hall–Kier alpha value is -1.06. The van der Waals surface area contributed by atoms with Crippen LogP contribution >= 0.6 is 0 Å². The molecule has 3 nitrogen and oxygen atoms in total. The molecule has 0 amide bonds. The molecule has 0 aliphatic carbocycles. The summed E-state index contributed by atoms with van der Waals surface area (Å²) < 4.78 is 0. The first-order chi connectivity index (χ1) is 8.99. The van der Waals surface area contributed by atoms with Gasteiger partial charge < -0.3 is 14.9 Å². The Morgan fingerprint density at radius 1 is 1.11 bits per heavy atom. The average Bonchev–Trinajstić information content (AvgIpc) is 2.45. The van der Waals surface area contributed by atoms with Crippen molar-refractivity contribution in [1.29, 1.82) is 0 Å². The van der Waals surface area contributed by atoms with Crippen molar-refractivity contribution < 1.29 is 5.11 Å². The van der Waals surface area contributed by atoms with E-state index >= 15 is 0 Å². The first-order valence-electron chi connectivity index (χ1n) is 7.14. The summed E-state index contributed by atoms with van der Waals surface area (Å²) >= 11 is 0. The van der Waals surface area contributed by atoms with Gasteiger partial charge in [-0.15, -0.1) is 0 Å². The highest BCUT2D eigenvalue weighted by Crippen LogP contribution is 2.24. The zero-order valence-electron chi connectivity index (χ0n) is 12.6. The molecule has 1 saturated heterocycles. The normalized spacial score (nSPS) is 25.4. The third-order valence-corrected chi connectivity index (χ3v) is 3.84. The van der Waals surface area contributed by atoms with E-state index in [9.17, 15) is 5.11 Å². The van der Waals surface area contributed by atoms with E-state index in [1.54, 1.807) is 0 Å². The number of hydrogen-bond donors (Lipinski definition) is 1. The predicted molar refractivity (Wildman–Crippen MR) is 80.8 cm³/mol. The van der Waals surface area contributed by atoms with Gasteiger partial charge in [0.05, 0.1) is 12.6 Å². The fourth-order valence-electron chi connectivity index (χ4n) is 3.20. The molecule has 2 rings (SSSR count). The minimum absolute atomic E-state index is 0.191. The number of aliphatic hydroxyl groups is 1. The average molecular weight is 262 g/mol. The third-order valence-electron chi connectivity index (χ3n) is 3.84. The molecule has 0 spiro atoms. The smallest absolute Gasteiger partial charge is 0.0647 e. The molecular formula is C16H26N2O. The first-order valence-corrected chi connectivity index (χ1v) is 7.14. The van der Waals surface area contributed by atoms with Gasteiger partial charge in [-0.1, -0.05) is 13.0 Å². The van der Waals surface area contributed by atoms with Crippen LogP contribution in [0, 0.1) is 19.8 Å². The van der Waals surface area contributed by atoms with Gasteiger partial charge in [0.1, 0.15) is 0 Å². The molecule has 19 heavy (non-hydrogen) atoms. The number of aliphatic hydroxyl groups excluding tert-OH is 1. The molecule has 3 heteroatoms. The van der Waals surface area contributed by atoms with Crippen molar-refractivity contribution >= 4 is 5.69 Å². The molecule has 1 aromatic carbocycles. The molecule has 2 unspecified atom stereocenters. The van der Waals surface area contributed by atoms with E-state index in [-0.39, 0.29) is 12.6 Å². The highest BCUT2D eigenvalue weighted by Gasteiger charge is 2.26. The monoisotopic (exact) mass is 262 g/mol. The van der Waals surface area contributed by atoms with Crippen LogP contribution in [0.25, 0.3) is 0 Å². The Morgan fingerprint density at radius 3 is 2.32 bits per heavy atom. The van der Waals surface area contributed by atoms with Crippen molar-refractivity contribution in [2.75, 3.05) is 38.2 Å². The van der Waals surface area contributed by atoms with Gasteiger partial charge in [-0.05, 0) is 50.1 Å². The lowest BCUT2D eigenvalue weighted by molar-refractivity contribution is 0.226. The second-order valence-corrected chi connectivity index (χ2v) is 6.16. The Labute approximate surface area is 116 Å². The minimum atomic E-state index is 0.191. The van der Waals surface area contributed by atoms with Crippen LogP contribution in [-0.2, 0) is 0 Å². The van der Waals surface area contributed by atoms with Crippen LogP contribution in [0.1, 0.15) is 18.1 Å². The summed E-state index contributed by atoms with van der Waals surface area (Å²) in [7, 11) is 2.14. The number of nitrogens with zero attached hydrogens (tertiary/aromatic N) is 2. The van der Waals surface area contributed by atoms with Gasteiger partial charge in [-0.3, -0.25) is 0 Å². The summed E-state index contributed by atoms with van der Waals surface area (Å²) in [5, 5.41) is 9.72. The topological polar surface area (TPSA) is 26.7 Å². The van der Waals surface area contributed by atoms with Gasteiger partial charge in [0.15, 0.2) is 0 Å². The quantitative estimate of drug-likeness (QED) is 0.883. The molecule has 0 radical (unpaired) electrons. The molecule has 1 fully saturated rings. The Morgan fingerprint density at radius 2 is 1.74 bits per heavy atom. The predicted octanol–water partition coefficient (Wildman–Crippen LogP) is 2.05. The molecule has 0 saturated carbocycles. The highest BCUT2D eigenvalue weighted by atomic mass is 16.3. The van der Waals surface area contributed by atoms with E-state index in [1.165, 1.54) is 16.8 Å². The van der Waals surface area contributed by atoms with E-state index < -0.39 is 0 Å². The molecule has 0 bridgehead atoms. The molecule has 1 heterocycles. The summed E-state index contributed by atoms with van der Waals surface area (Å²) in [6.07, 6.45) is 0. The maximum Gasteiger partial charge on any atom is 0.0647 e. The molecular weight excluding hydrogens is 236 g/mol. The zero-order valence-corrected chi connectivity index (χ0v) is 12.6. The molecule has 1 aliphatic heterocycles. The van der Waals surface area contributed by atoms with Crippen molar-refractivity contribution in [2.45, 2.75) is 26.8 Å². The van der Waals surface area contributed by atoms with E-state index in [4.69, 9.17) is 0 Å². The van der Waals surface area contributed by atoms with Gasteiger partial charge in [0, 0.05) is 25.3 Å². The lowest BCUT2D eigenvalue weighted by Gasteiger charge is -2.32. The number of aryl methyl sites for hydroxylation is 2. The summed E-state index contributed by atoms with van der Waals surface area (Å²) in [5.74, 6) is 0.613. The largest absolute Gasteiger partial charge is 0.394 e. The van der Waals surface area contributed by atoms with Crippen molar-refractivity contribution in [1.82, 2.24) is 4.90 Å². The first kappa shape index (κ1) is 14.4. The van der Waals surface area contributed by atoms with Crippen LogP contribution < -0.4 is 4.90 Å². The fraction of sp³-hybridized carbons (Fsp3) is 0.625. The van der Waals surface area contributed by atoms with Crippen LogP contribution in [0.15, 0.2) is 18.2 Å². The Balaban J connectivity index is 2.32. The molecule has 1 N–H and O–H groups in total. The molecule has 106 valence electrons. The van der Waals surface area contributed by atoms with Crippen LogP contribution in [0.4, 0.5) is 5.69 Å².